The van der Waals surface area contributed by atoms with Gasteiger partial charge in [0.1, 0.15) is 12.4 Å². The number of aryl methyl sites for hydroxylation is 3. The average Bonchev–Trinajstić information content (AvgIpc) is 3.27. The Morgan fingerprint density at radius 3 is 2.29 bits per heavy atom. The van der Waals surface area contributed by atoms with Crippen LogP contribution in [0.2, 0.25) is 0 Å². The molecule has 1 aliphatic carbocycles. The molecule has 0 spiro atoms. The molecule has 5 rings (SSSR count). The van der Waals surface area contributed by atoms with E-state index >= 15 is 0 Å². The fourth-order valence-electron chi connectivity index (χ4n) is 6.91. The molecule has 4 aromatic rings. The van der Waals surface area contributed by atoms with Gasteiger partial charge in [-0.15, -0.1) is 0 Å². The molecule has 5 nitrogen and oxygen atoms in total. The van der Waals surface area contributed by atoms with Gasteiger partial charge in [0.15, 0.2) is 6.10 Å². The van der Waals surface area contributed by atoms with Gasteiger partial charge in [0.25, 0.3) is 0 Å². The first kappa shape index (κ1) is 35.4. The molecule has 3 atom stereocenters. The van der Waals surface area contributed by atoms with Gasteiger partial charge in [0.05, 0.1) is 12.6 Å². The second kappa shape index (κ2) is 17.5. The molecular formula is C43H53NO4. The van der Waals surface area contributed by atoms with E-state index in [2.05, 4.69) is 92.5 Å². The van der Waals surface area contributed by atoms with Gasteiger partial charge >= 0.3 is 5.97 Å². The zero-order valence-corrected chi connectivity index (χ0v) is 29.5. The molecule has 0 radical (unpaired) electrons. The normalized spacial score (nSPS) is 15.2. The lowest BCUT2D eigenvalue weighted by atomic mass is 9.87. The Labute approximate surface area is 288 Å². The molecule has 0 N–H and O–H groups in total. The molecule has 48 heavy (non-hydrogen) atoms. The van der Waals surface area contributed by atoms with Crippen molar-refractivity contribution in [3.05, 3.63) is 136 Å². The monoisotopic (exact) mass is 647 g/mol. The Balaban J connectivity index is 1.33. The zero-order chi connectivity index (χ0) is 33.9. The lowest BCUT2D eigenvalue weighted by Gasteiger charge is -2.31. The summed E-state index contributed by atoms with van der Waals surface area (Å²) in [6, 6.07) is 33.4. The number of ether oxygens (including phenoxy) is 3. The second-order valence-corrected chi connectivity index (χ2v) is 13.0. The van der Waals surface area contributed by atoms with E-state index in [0.717, 1.165) is 37.1 Å². The molecule has 1 aliphatic rings. The van der Waals surface area contributed by atoms with Crippen molar-refractivity contribution in [1.29, 1.82) is 0 Å². The van der Waals surface area contributed by atoms with E-state index in [-0.39, 0.29) is 12.0 Å². The molecule has 3 unspecified atom stereocenters. The third-order valence-corrected chi connectivity index (χ3v) is 9.66. The summed E-state index contributed by atoms with van der Waals surface area (Å²) in [6.07, 6.45) is 5.49. The van der Waals surface area contributed by atoms with Crippen molar-refractivity contribution in [2.24, 2.45) is 0 Å². The summed E-state index contributed by atoms with van der Waals surface area (Å²) in [6.45, 7) is 10.4. The van der Waals surface area contributed by atoms with Gasteiger partial charge in [-0.25, -0.2) is 4.79 Å². The Hall–Kier alpha value is -3.93. The summed E-state index contributed by atoms with van der Waals surface area (Å²) in [5.41, 5.74) is 10.9. The van der Waals surface area contributed by atoms with Gasteiger partial charge in [-0.1, -0.05) is 99.1 Å². The maximum Gasteiger partial charge on any atom is 0.335 e. The largest absolute Gasteiger partial charge is 0.492 e. The van der Waals surface area contributed by atoms with Crippen LogP contribution < -0.4 is 4.74 Å². The van der Waals surface area contributed by atoms with E-state index in [9.17, 15) is 4.79 Å². The number of fused-ring (bicyclic) bond motifs is 2. The van der Waals surface area contributed by atoms with Crippen molar-refractivity contribution >= 4 is 5.97 Å². The molecule has 0 fully saturated rings. The van der Waals surface area contributed by atoms with E-state index in [1.54, 1.807) is 0 Å². The smallest absolute Gasteiger partial charge is 0.335 e. The molecular weight excluding hydrogens is 594 g/mol. The molecule has 4 aromatic carbocycles. The fraction of sp³-hybridized carbons (Fsp3) is 0.419. The first-order valence-corrected chi connectivity index (χ1v) is 17.9. The van der Waals surface area contributed by atoms with Crippen molar-refractivity contribution in [3.63, 3.8) is 0 Å². The standard InChI is InChI=1S/C43H53NO4/c1-6-9-13-32-16-19-35-20-21-37-30-36(31(4)34-14-11-10-12-15-34)22-25-39(37)42(40(35)28-32)44(5)26-27-48-38-23-17-33(18-24-38)29-41(46-7-2)43(45)47-8-3/h10-12,14-19,22-25,28,30-31,41-42H,6-9,13,20-21,26-27,29H2,1-5H3. The lowest BCUT2D eigenvalue weighted by molar-refractivity contribution is -0.156. The average molecular weight is 648 g/mol. The van der Waals surface area contributed by atoms with Crippen LogP contribution in [0.15, 0.2) is 91.0 Å². The van der Waals surface area contributed by atoms with Crippen LogP contribution in [0, 0.1) is 0 Å². The summed E-state index contributed by atoms with van der Waals surface area (Å²) >= 11 is 0. The number of benzene rings is 4. The lowest BCUT2D eigenvalue weighted by Crippen LogP contribution is -2.30. The number of nitrogens with zero attached hydrogens (tertiary/aromatic N) is 1. The van der Waals surface area contributed by atoms with E-state index in [4.69, 9.17) is 14.2 Å². The third kappa shape index (κ3) is 8.94. The predicted octanol–water partition coefficient (Wildman–Crippen LogP) is 8.89. The Morgan fingerprint density at radius 1 is 0.812 bits per heavy atom. The molecule has 0 aliphatic heterocycles. The predicted molar refractivity (Wildman–Crippen MR) is 195 cm³/mol. The highest BCUT2D eigenvalue weighted by Crippen LogP contribution is 2.38. The van der Waals surface area contributed by atoms with Crippen molar-refractivity contribution in [1.82, 2.24) is 4.90 Å². The van der Waals surface area contributed by atoms with Crippen LogP contribution in [-0.2, 0) is 40.0 Å². The number of rotatable bonds is 16. The Kier molecular flexibility index (Phi) is 12.9. The first-order chi connectivity index (χ1) is 23.4. The van der Waals surface area contributed by atoms with Crippen LogP contribution in [0.4, 0.5) is 0 Å². The highest BCUT2D eigenvalue weighted by molar-refractivity contribution is 5.75. The topological polar surface area (TPSA) is 48.0 Å². The third-order valence-electron chi connectivity index (χ3n) is 9.66. The number of hydrogen-bond donors (Lipinski definition) is 0. The quantitative estimate of drug-likeness (QED) is 0.114. The number of hydrogen-bond acceptors (Lipinski definition) is 5. The minimum atomic E-state index is -0.596. The van der Waals surface area contributed by atoms with Crippen LogP contribution in [0.5, 0.6) is 5.75 Å². The maximum atomic E-state index is 12.3. The number of unbranched alkanes of at least 4 members (excludes halogenated alkanes) is 1. The minimum Gasteiger partial charge on any atom is -0.492 e. The van der Waals surface area contributed by atoms with E-state index < -0.39 is 6.10 Å². The molecule has 0 amide bonds. The van der Waals surface area contributed by atoms with Gasteiger partial charge in [-0.3, -0.25) is 4.90 Å². The van der Waals surface area contributed by atoms with Crippen molar-refractivity contribution < 1.29 is 19.0 Å². The number of carbonyl (C=O) groups excluding carboxylic acids is 1. The molecule has 0 bridgehead atoms. The fourth-order valence-corrected chi connectivity index (χ4v) is 6.91. The van der Waals surface area contributed by atoms with Crippen LogP contribution in [-0.4, -0.2) is 50.4 Å². The molecule has 0 saturated carbocycles. The van der Waals surface area contributed by atoms with Gasteiger partial charge in [0, 0.05) is 25.5 Å². The minimum absolute atomic E-state index is 0.157. The van der Waals surface area contributed by atoms with Crippen molar-refractivity contribution in [2.45, 2.75) is 84.3 Å². The Bertz CT molecular complexity index is 1600. The summed E-state index contributed by atoms with van der Waals surface area (Å²) < 4.78 is 17.1. The first-order valence-electron chi connectivity index (χ1n) is 17.9. The highest BCUT2D eigenvalue weighted by Gasteiger charge is 2.28. The van der Waals surface area contributed by atoms with E-state index in [1.165, 1.54) is 51.8 Å². The summed E-state index contributed by atoms with van der Waals surface area (Å²) in [7, 11) is 2.23. The van der Waals surface area contributed by atoms with Crippen LogP contribution in [0.1, 0.15) is 97.0 Å². The van der Waals surface area contributed by atoms with Crippen LogP contribution in [0.25, 0.3) is 0 Å². The molecule has 0 aromatic heterocycles. The Morgan fingerprint density at radius 2 is 1.56 bits per heavy atom. The summed E-state index contributed by atoms with van der Waals surface area (Å²) in [4.78, 5) is 14.8. The molecule has 5 heteroatoms. The molecule has 254 valence electrons. The van der Waals surface area contributed by atoms with Crippen molar-refractivity contribution in [3.8, 4) is 5.75 Å². The molecule has 0 saturated heterocycles. The SMILES string of the molecule is CCCCc1ccc2c(c1)C(N(C)CCOc1ccc(CC(OCC)C(=O)OCC)cc1)c1ccc(C(C)c3ccccc3)cc1CC2. The van der Waals surface area contributed by atoms with Gasteiger partial charge in [-0.05, 0) is 103 Å². The van der Waals surface area contributed by atoms with Crippen LogP contribution >= 0.6 is 0 Å². The number of esters is 1. The summed E-state index contributed by atoms with van der Waals surface area (Å²) in [5, 5.41) is 0. The number of carbonyl (C=O) groups is 1. The summed E-state index contributed by atoms with van der Waals surface area (Å²) in [5.74, 6) is 0.844. The van der Waals surface area contributed by atoms with Crippen molar-refractivity contribution in [2.75, 3.05) is 33.4 Å². The van der Waals surface area contributed by atoms with Gasteiger partial charge in [0.2, 0.25) is 0 Å². The zero-order valence-electron chi connectivity index (χ0n) is 29.5. The second-order valence-electron chi connectivity index (χ2n) is 13.0. The van der Waals surface area contributed by atoms with Gasteiger partial charge in [-0.2, -0.15) is 0 Å². The van der Waals surface area contributed by atoms with E-state index in [1.807, 2.05) is 38.1 Å². The van der Waals surface area contributed by atoms with E-state index in [0.29, 0.717) is 32.2 Å². The van der Waals surface area contributed by atoms with Gasteiger partial charge < -0.3 is 14.2 Å². The highest BCUT2D eigenvalue weighted by atomic mass is 16.6. The van der Waals surface area contributed by atoms with Crippen LogP contribution in [0.3, 0.4) is 0 Å². The maximum absolute atomic E-state index is 12.3. The number of likely N-dealkylation sites (N-methyl/N-ethyl adjacent to an activating group) is 1. The molecule has 0 heterocycles.